The highest BCUT2D eigenvalue weighted by Gasteiger charge is 2.23. The van der Waals surface area contributed by atoms with E-state index in [9.17, 15) is 4.79 Å². The Balaban J connectivity index is 1.84. The van der Waals surface area contributed by atoms with Gasteiger partial charge in [-0.05, 0) is 30.7 Å². The molecule has 0 aromatic heterocycles. The van der Waals surface area contributed by atoms with Crippen molar-refractivity contribution in [2.24, 2.45) is 5.73 Å². The Morgan fingerprint density at radius 2 is 2.19 bits per heavy atom. The predicted molar refractivity (Wildman–Crippen MR) is 84.4 cm³/mol. The Labute approximate surface area is 130 Å². The lowest BCUT2D eigenvalue weighted by atomic mass is 10.2. The molecule has 1 saturated heterocycles. The summed E-state index contributed by atoms with van der Waals surface area (Å²) in [5, 5.41) is 0. The van der Waals surface area contributed by atoms with E-state index < -0.39 is 0 Å². The van der Waals surface area contributed by atoms with E-state index in [0.717, 1.165) is 12.0 Å². The van der Waals surface area contributed by atoms with Crippen molar-refractivity contribution in [1.82, 2.24) is 4.90 Å². The van der Waals surface area contributed by atoms with Gasteiger partial charge < -0.3 is 20.1 Å². The zero-order valence-electron chi connectivity index (χ0n) is 12.1. The number of hydrogen-bond acceptors (Lipinski definition) is 4. The molecule has 6 heteroatoms. The van der Waals surface area contributed by atoms with Crippen LogP contribution in [0.5, 0.6) is 5.75 Å². The van der Waals surface area contributed by atoms with Gasteiger partial charge in [0.15, 0.2) is 6.61 Å². The number of ether oxygens (including phenoxy) is 2. The minimum Gasteiger partial charge on any atom is -0.484 e. The molecule has 0 bridgehead atoms. The summed E-state index contributed by atoms with van der Waals surface area (Å²) in [7, 11) is 0. The van der Waals surface area contributed by atoms with Crippen molar-refractivity contribution < 1.29 is 14.3 Å². The monoisotopic (exact) mass is 308 g/mol. The largest absolute Gasteiger partial charge is 0.484 e. The third kappa shape index (κ3) is 4.41. The minimum absolute atomic E-state index is 0.0184. The molecule has 2 rings (SSSR count). The van der Waals surface area contributed by atoms with Crippen LogP contribution in [0.15, 0.2) is 24.3 Å². The molecule has 0 radical (unpaired) electrons. The van der Waals surface area contributed by atoms with Gasteiger partial charge in [-0.3, -0.25) is 4.79 Å². The number of amides is 1. The molecular formula is C15H20N2O3S. The molecule has 0 spiro atoms. The van der Waals surface area contributed by atoms with E-state index in [1.54, 1.807) is 29.2 Å². The molecule has 2 N–H and O–H groups in total. The van der Waals surface area contributed by atoms with Crippen LogP contribution in [0.2, 0.25) is 0 Å². The van der Waals surface area contributed by atoms with Crippen LogP contribution in [0.1, 0.15) is 18.9 Å². The number of morpholine rings is 1. The summed E-state index contributed by atoms with van der Waals surface area (Å²) in [4.78, 5) is 14.2. The fraction of sp³-hybridized carbons (Fsp3) is 0.467. The standard InChI is InChI=1S/C15H20N2O3S/c1-2-12-9-17(7-8-19-12)14(18)10-20-13-5-3-11(4-6-13)15(16)21/h3-6,12H,2,7-10H2,1H3,(H2,16,21). The summed E-state index contributed by atoms with van der Waals surface area (Å²) < 4.78 is 11.1. The van der Waals surface area contributed by atoms with E-state index in [0.29, 0.717) is 30.4 Å². The molecule has 0 aliphatic carbocycles. The van der Waals surface area contributed by atoms with Gasteiger partial charge in [0.05, 0.1) is 12.7 Å². The van der Waals surface area contributed by atoms with Crippen LogP contribution in [0.3, 0.4) is 0 Å². The Bertz CT molecular complexity index is 504. The molecule has 1 heterocycles. The zero-order chi connectivity index (χ0) is 15.2. The van der Waals surface area contributed by atoms with Gasteiger partial charge in [-0.25, -0.2) is 0 Å². The molecule has 0 saturated carbocycles. The lowest BCUT2D eigenvalue weighted by Gasteiger charge is -2.32. The summed E-state index contributed by atoms with van der Waals surface area (Å²) in [5.41, 5.74) is 6.31. The van der Waals surface area contributed by atoms with Gasteiger partial charge in [0.2, 0.25) is 0 Å². The van der Waals surface area contributed by atoms with Gasteiger partial charge in [0, 0.05) is 18.7 Å². The van der Waals surface area contributed by atoms with E-state index in [1.807, 2.05) is 0 Å². The number of benzene rings is 1. The molecule has 1 unspecified atom stereocenters. The highest BCUT2D eigenvalue weighted by Crippen LogP contribution is 2.13. The SMILES string of the molecule is CCC1CN(C(=O)COc2ccc(C(N)=S)cc2)CCO1. The maximum atomic E-state index is 12.1. The van der Waals surface area contributed by atoms with E-state index >= 15 is 0 Å². The van der Waals surface area contributed by atoms with Crippen molar-refractivity contribution in [2.75, 3.05) is 26.3 Å². The van der Waals surface area contributed by atoms with Crippen LogP contribution < -0.4 is 10.5 Å². The Kier molecular flexibility index (Phi) is 5.52. The normalized spacial score (nSPS) is 18.3. The lowest BCUT2D eigenvalue weighted by molar-refractivity contribution is -0.141. The van der Waals surface area contributed by atoms with Crippen LogP contribution in [0.25, 0.3) is 0 Å². The topological polar surface area (TPSA) is 64.8 Å². The van der Waals surface area contributed by atoms with Crippen LogP contribution in [-0.4, -0.2) is 48.2 Å². The Morgan fingerprint density at radius 1 is 1.48 bits per heavy atom. The van der Waals surface area contributed by atoms with Gasteiger partial charge in [-0.1, -0.05) is 19.1 Å². The third-order valence-corrected chi connectivity index (χ3v) is 3.68. The third-order valence-electron chi connectivity index (χ3n) is 3.45. The Hall–Kier alpha value is -1.66. The first kappa shape index (κ1) is 15.7. The molecule has 5 nitrogen and oxygen atoms in total. The van der Waals surface area contributed by atoms with Crippen LogP contribution in [0.4, 0.5) is 0 Å². The molecule has 21 heavy (non-hydrogen) atoms. The minimum atomic E-state index is -0.0184. The molecule has 1 aromatic carbocycles. The van der Waals surface area contributed by atoms with Gasteiger partial charge in [-0.2, -0.15) is 0 Å². The van der Waals surface area contributed by atoms with Crippen LogP contribution in [0, 0.1) is 0 Å². The summed E-state index contributed by atoms with van der Waals surface area (Å²) in [6, 6.07) is 7.08. The summed E-state index contributed by atoms with van der Waals surface area (Å²) in [5.74, 6) is 0.610. The van der Waals surface area contributed by atoms with Gasteiger partial charge in [-0.15, -0.1) is 0 Å². The van der Waals surface area contributed by atoms with E-state index in [-0.39, 0.29) is 18.6 Å². The van der Waals surface area contributed by atoms with Crippen molar-refractivity contribution in [3.05, 3.63) is 29.8 Å². The van der Waals surface area contributed by atoms with Gasteiger partial charge in [0.25, 0.3) is 5.91 Å². The first-order valence-corrected chi connectivity index (χ1v) is 7.43. The van der Waals surface area contributed by atoms with Crippen molar-refractivity contribution in [1.29, 1.82) is 0 Å². The second-order valence-corrected chi connectivity index (χ2v) is 5.36. The fourth-order valence-electron chi connectivity index (χ4n) is 2.14. The number of nitrogens with zero attached hydrogens (tertiary/aromatic N) is 1. The van der Waals surface area contributed by atoms with Gasteiger partial charge >= 0.3 is 0 Å². The van der Waals surface area contributed by atoms with Gasteiger partial charge in [0.1, 0.15) is 10.7 Å². The number of rotatable bonds is 5. The van der Waals surface area contributed by atoms with Crippen molar-refractivity contribution in [2.45, 2.75) is 19.4 Å². The summed E-state index contributed by atoms with van der Waals surface area (Å²) in [6.07, 6.45) is 1.04. The number of carbonyl (C=O) groups is 1. The van der Waals surface area contributed by atoms with Crippen molar-refractivity contribution >= 4 is 23.1 Å². The van der Waals surface area contributed by atoms with Crippen LogP contribution in [-0.2, 0) is 9.53 Å². The average Bonchev–Trinajstić information content (AvgIpc) is 2.53. The number of carbonyl (C=O) groups excluding carboxylic acids is 1. The van der Waals surface area contributed by atoms with Crippen molar-refractivity contribution in [3.63, 3.8) is 0 Å². The first-order chi connectivity index (χ1) is 10.1. The lowest BCUT2D eigenvalue weighted by Crippen LogP contribution is -2.47. The number of nitrogens with two attached hydrogens (primary N) is 1. The molecular weight excluding hydrogens is 288 g/mol. The van der Waals surface area contributed by atoms with E-state index in [2.05, 4.69) is 6.92 Å². The highest BCUT2D eigenvalue weighted by atomic mass is 32.1. The highest BCUT2D eigenvalue weighted by molar-refractivity contribution is 7.80. The van der Waals surface area contributed by atoms with E-state index in [1.165, 1.54) is 0 Å². The van der Waals surface area contributed by atoms with Crippen LogP contribution >= 0.6 is 12.2 Å². The molecule has 1 fully saturated rings. The molecule has 1 aliphatic heterocycles. The summed E-state index contributed by atoms with van der Waals surface area (Å²) >= 11 is 4.88. The average molecular weight is 308 g/mol. The molecule has 114 valence electrons. The van der Waals surface area contributed by atoms with E-state index in [4.69, 9.17) is 27.4 Å². The smallest absolute Gasteiger partial charge is 0.260 e. The number of thiocarbonyl (C=S) groups is 1. The second-order valence-electron chi connectivity index (χ2n) is 4.92. The summed E-state index contributed by atoms with van der Waals surface area (Å²) in [6.45, 7) is 3.94. The molecule has 1 aliphatic rings. The zero-order valence-corrected chi connectivity index (χ0v) is 12.9. The maximum absolute atomic E-state index is 12.1. The first-order valence-electron chi connectivity index (χ1n) is 7.02. The van der Waals surface area contributed by atoms with Crippen molar-refractivity contribution in [3.8, 4) is 5.75 Å². The quantitative estimate of drug-likeness (QED) is 0.832. The molecule has 1 aromatic rings. The predicted octanol–water partition coefficient (Wildman–Crippen LogP) is 1.34. The maximum Gasteiger partial charge on any atom is 0.260 e. The fourth-order valence-corrected chi connectivity index (χ4v) is 2.28. The number of hydrogen-bond donors (Lipinski definition) is 1. The Morgan fingerprint density at radius 3 is 2.81 bits per heavy atom. The second kappa shape index (κ2) is 7.38. The molecule has 1 amide bonds. The molecule has 1 atom stereocenters.